The summed E-state index contributed by atoms with van der Waals surface area (Å²) in [5, 5.41) is 0.157. The predicted molar refractivity (Wildman–Crippen MR) is 69.7 cm³/mol. The molecule has 18 heavy (non-hydrogen) atoms. The van der Waals surface area contributed by atoms with Crippen molar-refractivity contribution >= 4 is 10.0 Å². The summed E-state index contributed by atoms with van der Waals surface area (Å²) in [4.78, 5) is 6.69. The number of aryl methyl sites for hydroxylation is 1. The summed E-state index contributed by atoms with van der Waals surface area (Å²) in [6.45, 7) is 4.41. The van der Waals surface area contributed by atoms with Gasteiger partial charge >= 0.3 is 0 Å². The highest BCUT2D eigenvalue weighted by Crippen LogP contribution is 2.40. The number of hydrogen-bond donors (Lipinski definition) is 2. The highest BCUT2D eigenvalue weighted by atomic mass is 32.2. The average Bonchev–Trinajstić information content (AvgIpc) is 2.96. The Kier molecular flexibility index (Phi) is 3.77. The predicted octanol–water partition coefficient (Wildman–Crippen LogP) is 1.97. The Morgan fingerprint density at radius 3 is 2.61 bits per heavy atom. The molecule has 0 saturated heterocycles. The Labute approximate surface area is 108 Å². The van der Waals surface area contributed by atoms with Crippen molar-refractivity contribution in [2.45, 2.75) is 51.0 Å². The van der Waals surface area contributed by atoms with Crippen LogP contribution in [0.25, 0.3) is 0 Å². The van der Waals surface area contributed by atoms with E-state index in [0.717, 1.165) is 19.3 Å². The minimum atomic E-state index is -3.44. The first-order valence-electron chi connectivity index (χ1n) is 6.49. The van der Waals surface area contributed by atoms with Crippen LogP contribution in [-0.4, -0.2) is 24.9 Å². The van der Waals surface area contributed by atoms with E-state index in [1.807, 2.05) is 0 Å². The summed E-state index contributed by atoms with van der Waals surface area (Å²) >= 11 is 0. The van der Waals surface area contributed by atoms with Crippen LogP contribution >= 0.6 is 0 Å². The molecule has 2 N–H and O–H groups in total. The van der Waals surface area contributed by atoms with Gasteiger partial charge in [0.25, 0.3) is 10.0 Å². The maximum Gasteiger partial charge on any atom is 0.257 e. The van der Waals surface area contributed by atoms with Gasteiger partial charge in [-0.15, -0.1) is 0 Å². The molecule has 0 amide bonds. The van der Waals surface area contributed by atoms with Gasteiger partial charge in [0.05, 0.1) is 6.20 Å². The molecule has 1 aromatic rings. The standard InChI is InChI=1S/C12H21N3O2S/c1-3-12(6-4-5-7-12)9-14-18(16,17)11-8-13-10(2)15-11/h8,14H,3-7,9H2,1-2H3,(H,13,15). The maximum absolute atomic E-state index is 12.1. The molecule has 1 fully saturated rings. The van der Waals surface area contributed by atoms with E-state index >= 15 is 0 Å². The smallest absolute Gasteiger partial charge is 0.257 e. The Balaban J connectivity index is 2.05. The average molecular weight is 271 g/mol. The Morgan fingerprint density at radius 2 is 2.11 bits per heavy atom. The molecular weight excluding hydrogens is 250 g/mol. The highest BCUT2D eigenvalue weighted by Gasteiger charge is 2.33. The van der Waals surface area contributed by atoms with E-state index in [1.165, 1.54) is 19.0 Å². The number of sulfonamides is 1. The first-order chi connectivity index (χ1) is 8.47. The zero-order chi connectivity index (χ0) is 13.2. The van der Waals surface area contributed by atoms with Gasteiger partial charge < -0.3 is 4.98 Å². The van der Waals surface area contributed by atoms with Crippen LogP contribution in [0.3, 0.4) is 0 Å². The molecule has 1 aliphatic carbocycles. The molecule has 0 atom stereocenters. The summed E-state index contributed by atoms with van der Waals surface area (Å²) in [5.41, 5.74) is 0.155. The molecular formula is C12H21N3O2S. The number of aromatic amines is 1. The quantitative estimate of drug-likeness (QED) is 0.859. The number of nitrogens with zero attached hydrogens (tertiary/aromatic N) is 1. The Hall–Kier alpha value is -0.880. The molecule has 1 saturated carbocycles. The summed E-state index contributed by atoms with van der Waals surface area (Å²) in [5.74, 6) is 0.612. The van der Waals surface area contributed by atoms with Crippen molar-refractivity contribution in [1.82, 2.24) is 14.7 Å². The lowest BCUT2D eigenvalue weighted by Gasteiger charge is -2.27. The molecule has 0 bridgehead atoms. The normalized spacial score (nSPS) is 19.2. The van der Waals surface area contributed by atoms with E-state index in [0.29, 0.717) is 12.4 Å². The van der Waals surface area contributed by atoms with Crippen LogP contribution in [0.15, 0.2) is 11.2 Å². The second-order valence-electron chi connectivity index (χ2n) is 5.22. The van der Waals surface area contributed by atoms with Crippen molar-refractivity contribution in [3.05, 3.63) is 12.0 Å². The fourth-order valence-corrected chi connectivity index (χ4v) is 3.77. The molecule has 0 aromatic carbocycles. The van der Waals surface area contributed by atoms with Crippen LogP contribution in [0.4, 0.5) is 0 Å². The second kappa shape index (κ2) is 5.01. The van der Waals surface area contributed by atoms with Crippen molar-refractivity contribution in [2.24, 2.45) is 5.41 Å². The van der Waals surface area contributed by atoms with Crippen molar-refractivity contribution < 1.29 is 8.42 Å². The molecule has 1 aliphatic rings. The van der Waals surface area contributed by atoms with Crippen LogP contribution in [0.5, 0.6) is 0 Å². The van der Waals surface area contributed by atoms with Crippen LogP contribution in [0, 0.1) is 12.3 Å². The minimum Gasteiger partial charge on any atom is -0.332 e. The molecule has 0 spiro atoms. The number of aromatic nitrogens is 2. The SMILES string of the molecule is CCC1(CNS(=O)(=O)c2cnc(C)[nH]2)CCCC1. The number of nitrogens with one attached hydrogen (secondary N) is 2. The maximum atomic E-state index is 12.1. The molecule has 5 nitrogen and oxygen atoms in total. The van der Waals surface area contributed by atoms with E-state index in [1.54, 1.807) is 6.92 Å². The lowest BCUT2D eigenvalue weighted by molar-refractivity contribution is 0.285. The van der Waals surface area contributed by atoms with E-state index in [4.69, 9.17) is 0 Å². The number of imidazole rings is 1. The molecule has 1 heterocycles. The first-order valence-corrected chi connectivity index (χ1v) is 7.97. The Morgan fingerprint density at radius 1 is 1.44 bits per heavy atom. The van der Waals surface area contributed by atoms with Crippen molar-refractivity contribution in [3.8, 4) is 0 Å². The number of hydrogen-bond acceptors (Lipinski definition) is 3. The van der Waals surface area contributed by atoms with Gasteiger partial charge in [0.2, 0.25) is 0 Å². The van der Waals surface area contributed by atoms with E-state index in [-0.39, 0.29) is 10.4 Å². The summed E-state index contributed by atoms with van der Waals surface area (Å²) < 4.78 is 26.9. The van der Waals surface area contributed by atoms with E-state index in [9.17, 15) is 8.42 Å². The van der Waals surface area contributed by atoms with Gasteiger partial charge in [0, 0.05) is 6.54 Å². The molecule has 6 heteroatoms. The summed E-state index contributed by atoms with van der Waals surface area (Å²) in [6.07, 6.45) is 7.04. The third kappa shape index (κ3) is 2.75. The minimum absolute atomic E-state index is 0.155. The van der Waals surface area contributed by atoms with Crippen molar-refractivity contribution in [1.29, 1.82) is 0 Å². The van der Waals surface area contributed by atoms with Crippen LogP contribution in [0.1, 0.15) is 44.9 Å². The lowest BCUT2D eigenvalue weighted by atomic mass is 9.84. The van der Waals surface area contributed by atoms with Gasteiger partial charge in [0.15, 0.2) is 5.03 Å². The summed E-state index contributed by atoms with van der Waals surface area (Å²) in [6, 6.07) is 0. The van der Waals surface area contributed by atoms with Gasteiger partial charge in [-0.2, -0.15) is 0 Å². The third-order valence-electron chi connectivity index (χ3n) is 4.02. The van der Waals surface area contributed by atoms with Gasteiger partial charge in [0.1, 0.15) is 5.82 Å². The van der Waals surface area contributed by atoms with Gasteiger partial charge in [-0.25, -0.2) is 18.1 Å². The topological polar surface area (TPSA) is 74.8 Å². The van der Waals surface area contributed by atoms with Crippen LogP contribution in [0.2, 0.25) is 0 Å². The van der Waals surface area contributed by atoms with Crippen molar-refractivity contribution in [3.63, 3.8) is 0 Å². The van der Waals surface area contributed by atoms with Gasteiger partial charge in [-0.3, -0.25) is 0 Å². The number of H-pyrrole nitrogens is 1. The molecule has 0 unspecified atom stereocenters. The summed E-state index contributed by atoms with van der Waals surface area (Å²) in [7, 11) is -3.44. The van der Waals surface area contributed by atoms with Gasteiger partial charge in [-0.1, -0.05) is 19.8 Å². The van der Waals surface area contributed by atoms with Crippen LogP contribution < -0.4 is 4.72 Å². The fourth-order valence-electron chi connectivity index (χ4n) is 2.64. The molecule has 0 radical (unpaired) electrons. The molecule has 102 valence electrons. The molecule has 1 aromatic heterocycles. The molecule has 2 rings (SSSR count). The number of rotatable bonds is 5. The fraction of sp³-hybridized carbons (Fsp3) is 0.750. The Bertz CT molecular complexity index is 501. The lowest BCUT2D eigenvalue weighted by Crippen LogP contribution is -2.35. The van der Waals surface area contributed by atoms with E-state index in [2.05, 4.69) is 21.6 Å². The van der Waals surface area contributed by atoms with E-state index < -0.39 is 10.0 Å². The monoisotopic (exact) mass is 271 g/mol. The largest absolute Gasteiger partial charge is 0.332 e. The first kappa shape index (κ1) is 13.5. The highest BCUT2D eigenvalue weighted by molar-refractivity contribution is 7.89. The zero-order valence-electron chi connectivity index (χ0n) is 11.0. The van der Waals surface area contributed by atoms with Crippen molar-refractivity contribution in [2.75, 3.05) is 6.54 Å². The van der Waals surface area contributed by atoms with Gasteiger partial charge in [-0.05, 0) is 31.6 Å². The van der Waals surface area contributed by atoms with Crippen LogP contribution in [-0.2, 0) is 10.0 Å². The second-order valence-corrected chi connectivity index (χ2v) is 6.95. The zero-order valence-corrected chi connectivity index (χ0v) is 11.8. The molecule has 0 aliphatic heterocycles. The third-order valence-corrected chi connectivity index (χ3v) is 5.33.